The Balaban J connectivity index is 1.64. The number of rotatable bonds is 10. The Labute approximate surface area is 223 Å². The van der Waals surface area contributed by atoms with Crippen LogP contribution in [0.4, 0.5) is 14.5 Å². The lowest BCUT2D eigenvalue weighted by atomic mass is 9.86. The SMILES string of the molecule is Cc1ccc(NC(=O)CC(CCC(=O)O)c2onc(-c3cc(C(F)(F)C(C)(C)C)on3)c2C2CC2)c(Cl)c1. The largest absolute Gasteiger partial charge is 0.481 e. The van der Waals surface area contributed by atoms with E-state index >= 15 is 0 Å². The van der Waals surface area contributed by atoms with Crippen molar-refractivity contribution in [2.75, 3.05) is 5.32 Å². The monoisotopic (exact) mass is 549 g/mol. The number of benzene rings is 1. The zero-order valence-corrected chi connectivity index (χ0v) is 22.4. The maximum Gasteiger partial charge on any atom is 0.312 e. The van der Waals surface area contributed by atoms with Crippen molar-refractivity contribution in [3.8, 4) is 11.4 Å². The Kier molecular flexibility index (Phi) is 7.65. The molecule has 1 fully saturated rings. The van der Waals surface area contributed by atoms with Crippen molar-refractivity contribution in [2.24, 2.45) is 5.41 Å². The molecule has 11 heteroatoms. The molecule has 0 bridgehead atoms. The molecule has 1 aromatic carbocycles. The smallest absolute Gasteiger partial charge is 0.312 e. The normalized spacial score (nSPS) is 14.9. The summed E-state index contributed by atoms with van der Waals surface area (Å²) in [6, 6.07) is 6.39. The molecule has 1 amide bonds. The molecule has 1 aliphatic carbocycles. The van der Waals surface area contributed by atoms with Crippen LogP contribution in [0.25, 0.3) is 11.4 Å². The highest BCUT2D eigenvalue weighted by Crippen LogP contribution is 2.50. The first-order valence-corrected chi connectivity index (χ1v) is 12.8. The van der Waals surface area contributed by atoms with Gasteiger partial charge in [-0.1, -0.05) is 48.8 Å². The molecule has 0 aliphatic heterocycles. The van der Waals surface area contributed by atoms with Crippen LogP contribution in [0.3, 0.4) is 0 Å². The first-order chi connectivity index (χ1) is 17.8. The van der Waals surface area contributed by atoms with Gasteiger partial charge in [-0.25, -0.2) is 0 Å². The number of aliphatic carboxylic acids is 1. The van der Waals surface area contributed by atoms with Gasteiger partial charge < -0.3 is 19.5 Å². The zero-order chi connectivity index (χ0) is 27.8. The first-order valence-electron chi connectivity index (χ1n) is 12.4. The molecule has 204 valence electrons. The number of carboxylic acids is 1. The number of anilines is 1. The van der Waals surface area contributed by atoms with E-state index in [0.29, 0.717) is 22.0 Å². The van der Waals surface area contributed by atoms with Gasteiger partial charge in [-0.05, 0) is 49.8 Å². The van der Waals surface area contributed by atoms with E-state index in [2.05, 4.69) is 15.6 Å². The zero-order valence-electron chi connectivity index (χ0n) is 21.6. The molecule has 1 aliphatic rings. The van der Waals surface area contributed by atoms with E-state index in [1.54, 1.807) is 12.1 Å². The summed E-state index contributed by atoms with van der Waals surface area (Å²) in [7, 11) is 0. The number of aryl methyl sites for hydroxylation is 1. The van der Waals surface area contributed by atoms with Crippen molar-refractivity contribution in [3.63, 3.8) is 0 Å². The van der Waals surface area contributed by atoms with Gasteiger partial charge in [0.2, 0.25) is 11.7 Å². The number of carbonyl (C=O) groups excluding carboxylic acids is 1. The molecular weight excluding hydrogens is 520 g/mol. The fourth-order valence-corrected chi connectivity index (χ4v) is 4.51. The van der Waals surface area contributed by atoms with Gasteiger partial charge in [0.25, 0.3) is 0 Å². The van der Waals surface area contributed by atoms with Gasteiger partial charge >= 0.3 is 11.9 Å². The van der Waals surface area contributed by atoms with Crippen LogP contribution in [-0.2, 0) is 15.5 Å². The van der Waals surface area contributed by atoms with Crippen LogP contribution in [0.1, 0.15) is 87.4 Å². The summed E-state index contributed by atoms with van der Waals surface area (Å²) in [5.41, 5.74) is 1.01. The molecule has 1 atom stereocenters. The van der Waals surface area contributed by atoms with Crippen molar-refractivity contribution in [3.05, 3.63) is 51.9 Å². The molecule has 2 heterocycles. The summed E-state index contributed by atoms with van der Waals surface area (Å²) in [6.07, 6.45) is 1.47. The highest BCUT2D eigenvalue weighted by atomic mass is 35.5. The standard InChI is InChI=1S/C27H30ClF2N3O5/c1-14-5-9-18(17(28)11-14)31-21(34)12-16(8-10-22(35)36)25-23(15-6-7-15)24(33-38-25)19-13-20(37-32-19)27(29,30)26(2,3)4/h5,9,11,13,15-16H,6-8,10,12H2,1-4H3,(H,31,34)(H,35,36). The second-order valence-electron chi connectivity index (χ2n) is 10.8. The van der Waals surface area contributed by atoms with Crippen LogP contribution in [-0.4, -0.2) is 27.3 Å². The molecule has 0 saturated heterocycles. The third-order valence-electron chi connectivity index (χ3n) is 6.65. The average Bonchev–Trinajstić information content (AvgIpc) is 3.35. The number of aromatic nitrogens is 2. The minimum atomic E-state index is -3.27. The third kappa shape index (κ3) is 5.90. The lowest BCUT2D eigenvalue weighted by Crippen LogP contribution is -2.30. The molecule has 38 heavy (non-hydrogen) atoms. The van der Waals surface area contributed by atoms with E-state index < -0.39 is 29.0 Å². The van der Waals surface area contributed by atoms with Gasteiger partial charge in [0.05, 0.1) is 10.7 Å². The van der Waals surface area contributed by atoms with Gasteiger partial charge in [-0.3, -0.25) is 9.59 Å². The average molecular weight is 550 g/mol. The number of alkyl halides is 2. The maximum absolute atomic E-state index is 14.9. The predicted molar refractivity (Wildman–Crippen MR) is 136 cm³/mol. The highest BCUT2D eigenvalue weighted by molar-refractivity contribution is 6.33. The number of nitrogens with one attached hydrogen (secondary N) is 1. The van der Waals surface area contributed by atoms with E-state index in [4.69, 9.17) is 20.6 Å². The summed E-state index contributed by atoms with van der Waals surface area (Å²) in [5.74, 6) is -5.46. The topological polar surface area (TPSA) is 118 Å². The number of halogens is 3. The molecule has 2 aromatic heterocycles. The summed E-state index contributed by atoms with van der Waals surface area (Å²) < 4.78 is 40.4. The third-order valence-corrected chi connectivity index (χ3v) is 6.97. The lowest BCUT2D eigenvalue weighted by Gasteiger charge is -2.27. The summed E-state index contributed by atoms with van der Waals surface area (Å²) in [6.45, 7) is 6.09. The fourth-order valence-electron chi connectivity index (χ4n) is 4.23. The molecular formula is C27H30ClF2N3O5. The molecule has 0 radical (unpaired) electrons. The number of carbonyl (C=O) groups is 2. The molecule has 0 spiro atoms. The Morgan fingerprint density at radius 3 is 2.50 bits per heavy atom. The second kappa shape index (κ2) is 10.5. The molecule has 1 unspecified atom stereocenters. The lowest BCUT2D eigenvalue weighted by molar-refractivity contribution is -0.137. The van der Waals surface area contributed by atoms with E-state index in [1.165, 1.54) is 20.8 Å². The molecule has 8 nitrogen and oxygen atoms in total. The molecule has 4 rings (SSSR count). The number of nitrogens with zero attached hydrogens (tertiary/aromatic N) is 2. The van der Waals surface area contributed by atoms with Gasteiger partial charge in [0.15, 0.2) is 0 Å². The van der Waals surface area contributed by atoms with Crippen molar-refractivity contribution in [2.45, 2.75) is 77.6 Å². The summed E-state index contributed by atoms with van der Waals surface area (Å²) in [5, 5.41) is 20.4. The fraction of sp³-hybridized carbons (Fsp3) is 0.481. The van der Waals surface area contributed by atoms with Crippen LogP contribution < -0.4 is 5.32 Å². The van der Waals surface area contributed by atoms with Gasteiger partial charge in [-0.2, -0.15) is 8.78 Å². The molecule has 2 N–H and O–H groups in total. The van der Waals surface area contributed by atoms with Crippen molar-refractivity contribution < 1.29 is 32.5 Å². The summed E-state index contributed by atoms with van der Waals surface area (Å²) >= 11 is 6.25. The van der Waals surface area contributed by atoms with Crippen molar-refractivity contribution >= 4 is 29.2 Å². The predicted octanol–water partition coefficient (Wildman–Crippen LogP) is 7.28. The van der Waals surface area contributed by atoms with Gasteiger partial charge in [-0.15, -0.1) is 0 Å². The van der Waals surface area contributed by atoms with Crippen LogP contribution in [0.5, 0.6) is 0 Å². The van der Waals surface area contributed by atoms with Crippen LogP contribution in [0.2, 0.25) is 5.02 Å². The molecule has 1 saturated carbocycles. The van der Waals surface area contributed by atoms with Gasteiger partial charge in [0, 0.05) is 35.8 Å². The van der Waals surface area contributed by atoms with E-state index in [0.717, 1.165) is 24.5 Å². The Morgan fingerprint density at radius 2 is 1.89 bits per heavy atom. The molecule has 3 aromatic rings. The quantitative estimate of drug-likeness (QED) is 0.272. The second-order valence-corrected chi connectivity index (χ2v) is 11.3. The first kappa shape index (κ1) is 27.8. The number of hydrogen-bond acceptors (Lipinski definition) is 6. The van der Waals surface area contributed by atoms with Crippen LogP contribution in [0.15, 0.2) is 33.3 Å². The minimum absolute atomic E-state index is 0.0384. The Morgan fingerprint density at radius 1 is 1.18 bits per heavy atom. The van der Waals surface area contributed by atoms with E-state index in [1.807, 2.05) is 13.0 Å². The minimum Gasteiger partial charge on any atom is -0.481 e. The van der Waals surface area contributed by atoms with Crippen molar-refractivity contribution in [1.29, 1.82) is 0 Å². The van der Waals surface area contributed by atoms with E-state index in [9.17, 15) is 23.5 Å². The van der Waals surface area contributed by atoms with Gasteiger partial charge in [0.1, 0.15) is 17.1 Å². The number of hydrogen-bond donors (Lipinski definition) is 2. The van der Waals surface area contributed by atoms with E-state index in [-0.39, 0.29) is 42.5 Å². The van der Waals surface area contributed by atoms with Crippen LogP contribution >= 0.6 is 11.6 Å². The van der Waals surface area contributed by atoms with Crippen LogP contribution in [0, 0.1) is 12.3 Å². The summed E-state index contributed by atoms with van der Waals surface area (Å²) in [4.78, 5) is 24.3. The maximum atomic E-state index is 14.9. The highest BCUT2D eigenvalue weighted by Gasteiger charge is 2.48. The van der Waals surface area contributed by atoms with Crippen molar-refractivity contribution in [1.82, 2.24) is 10.3 Å². The Hall–Kier alpha value is -3.27. The Bertz CT molecular complexity index is 1340. The number of amides is 1. The number of carboxylic acid groups (broad SMARTS) is 1.